The summed E-state index contributed by atoms with van der Waals surface area (Å²) >= 11 is 2.90. The molecule has 98 valence electrons. The minimum absolute atomic E-state index is 0.107. The summed E-state index contributed by atoms with van der Waals surface area (Å²) in [6.07, 6.45) is 0.999. The van der Waals surface area contributed by atoms with E-state index in [1.165, 1.54) is 23.1 Å². The van der Waals surface area contributed by atoms with Crippen LogP contribution in [0.5, 0.6) is 0 Å². The molecule has 2 rings (SSSR count). The summed E-state index contributed by atoms with van der Waals surface area (Å²) in [4.78, 5) is 26.3. The van der Waals surface area contributed by atoms with Gasteiger partial charge in [-0.3, -0.25) is 4.79 Å². The van der Waals surface area contributed by atoms with Gasteiger partial charge in [-0.05, 0) is 17.7 Å². The van der Waals surface area contributed by atoms with Crippen LogP contribution in [-0.4, -0.2) is 53.9 Å². The number of carbonyl (C=O) groups is 2. The molecule has 1 saturated heterocycles. The normalized spacial score (nSPS) is 19.8. The highest BCUT2D eigenvalue weighted by molar-refractivity contribution is 7.98. The van der Waals surface area contributed by atoms with Crippen molar-refractivity contribution in [2.24, 2.45) is 0 Å². The number of hydrogen-bond donors (Lipinski definition) is 1. The monoisotopic (exact) mass is 287 g/mol. The maximum absolute atomic E-state index is 12.3. The average Bonchev–Trinajstić information content (AvgIpc) is 2.86. The van der Waals surface area contributed by atoms with Crippen molar-refractivity contribution in [3.8, 4) is 0 Å². The van der Waals surface area contributed by atoms with Gasteiger partial charge in [0.15, 0.2) is 6.10 Å². The molecule has 0 aromatic carbocycles. The summed E-state index contributed by atoms with van der Waals surface area (Å²) in [5.74, 6) is -1.13. The number of thioether (sulfide) groups is 1. The first kappa shape index (κ1) is 13.4. The van der Waals surface area contributed by atoms with Crippen LogP contribution in [0.2, 0.25) is 0 Å². The molecule has 1 aromatic heterocycles. The van der Waals surface area contributed by atoms with Gasteiger partial charge in [-0.15, -0.1) is 23.1 Å². The summed E-state index contributed by atoms with van der Waals surface area (Å²) in [5, 5.41) is 10.8. The number of carboxylic acids is 1. The van der Waals surface area contributed by atoms with Crippen molar-refractivity contribution in [2.75, 3.05) is 26.0 Å². The molecule has 1 N–H and O–H groups in total. The van der Waals surface area contributed by atoms with Crippen molar-refractivity contribution in [3.63, 3.8) is 0 Å². The third-order valence-corrected chi connectivity index (χ3v) is 4.48. The first-order valence-corrected chi connectivity index (χ1v) is 7.49. The van der Waals surface area contributed by atoms with Crippen LogP contribution in [0.25, 0.3) is 0 Å². The predicted molar refractivity (Wildman–Crippen MR) is 69.4 cm³/mol. The Morgan fingerprint density at radius 3 is 3.06 bits per heavy atom. The highest BCUT2D eigenvalue weighted by atomic mass is 32.2. The number of ether oxygens (including phenoxy) is 1. The fourth-order valence-corrected chi connectivity index (χ4v) is 3.45. The van der Waals surface area contributed by atoms with Crippen LogP contribution in [0.3, 0.4) is 0 Å². The molecule has 0 aliphatic carbocycles. The summed E-state index contributed by atoms with van der Waals surface area (Å²) in [5.41, 5.74) is 0. The van der Waals surface area contributed by atoms with Crippen molar-refractivity contribution in [1.82, 2.24) is 4.90 Å². The van der Waals surface area contributed by atoms with Gasteiger partial charge in [-0.1, -0.05) is 0 Å². The predicted octanol–water partition coefficient (Wildman–Crippen LogP) is 1.40. The molecule has 1 unspecified atom stereocenters. The fourth-order valence-electron chi connectivity index (χ4n) is 1.74. The van der Waals surface area contributed by atoms with Crippen LogP contribution in [0.4, 0.5) is 0 Å². The lowest BCUT2D eigenvalue weighted by Gasteiger charge is -2.30. The summed E-state index contributed by atoms with van der Waals surface area (Å²) in [6, 6.07) is 1.90. The van der Waals surface area contributed by atoms with E-state index in [2.05, 4.69) is 0 Å². The number of nitrogens with zero attached hydrogens (tertiary/aromatic N) is 1. The number of hydrogen-bond acceptors (Lipinski definition) is 5. The van der Waals surface area contributed by atoms with Gasteiger partial charge in [0.05, 0.1) is 13.2 Å². The average molecular weight is 287 g/mol. The smallest absolute Gasteiger partial charge is 0.334 e. The molecule has 7 heteroatoms. The molecule has 0 spiro atoms. The lowest BCUT2D eigenvalue weighted by atomic mass is 10.2. The van der Waals surface area contributed by atoms with E-state index in [1.54, 1.807) is 4.90 Å². The number of morpholine rings is 1. The number of rotatable bonds is 3. The minimum Gasteiger partial charge on any atom is -0.479 e. The zero-order valence-corrected chi connectivity index (χ0v) is 11.4. The first-order chi connectivity index (χ1) is 8.63. The molecule has 0 radical (unpaired) electrons. The molecule has 0 bridgehead atoms. The lowest BCUT2D eigenvalue weighted by molar-refractivity contribution is -0.154. The Kier molecular flexibility index (Phi) is 4.26. The zero-order chi connectivity index (χ0) is 13.1. The molecule has 1 aromatic rings. The quantitative estimate of drug-likeness (QED) is 0.851. The maximum atomic E-state index is 12.3. The third kappa shape index (κ3) is 2.68. The maximum Gasteiger partial charge on any atom is 0.334 e. The number of amides is 1. The second-order valence-corrected chi connectivity index (χ2v) is 5.53. The van der Waals surface area contributed by atoms with Crippen molar-refractivity contribution < 1.29 is 19.4 Å². The number of thiophene rings is 1. The van der Waals surface area contributed by atoms with Crippen molar-refractivity contribution in [2.45, 2.75) is 11.0 Å². The van der Waals surface area contributed by atoms with Crippen LogP contribution in [-0.2, 0) is 9.53 Å². The third-order valence-electron chi connectivity index (χ3n) is 2.67. The highest BCUT2D eigenvalue weighted by Crippen LogP contribution is 2.27. The van der Waals surface area contributed by atoms with E-state index in [0.29, 0.717) is 11.4 Å². The molecule has 5 nitrogen and oxygen atoms in total. The molecular weight excluding hydrogens is 274 g/mol. The number of carbonyl (C=O) groups excluding carboxylic acids is 1. The van der Waals surface area contributed by atoms with Crippen LogP contribution in [0, 0.1) is 0 Å². The van der Waals surface area contributed by atoms with Gasteiger partial charge in [0.25, 0.3) is 5.91 Å². The van der Waals surface area contributed by atoms with Crippen molar-refractivity contribution >= 4 is 35.0 Å². The van der Waals surface area contributed by atoms with E-state index in [9.17, 15) is 9.59 Å². The molecule has 1 fully saturated rings. The molecule has 2 heterocycles. The van der Waals surface area contributed by atoms with Gasteiger partial charge in [0.1, 0.15) is 4.88 Å². The van der Waals surface area contributed by atoms with Crippen LogP contribution in [0.15, 0.2) is 16.3 Å². The Morgan fingerprint density at radius 2 is 2.39 bits per heavy atom. The van der Waals surface area contributed by atoms with E-state index in [4.69, 9.17) is 9.84 Å². The Morgan fingerprint density at radius 1 is 1.61 bits per heavy atom. The van der Waals surface area contributed by atoms with Gasteiger partial charge in [0.2, 0.25) is 0 Å². The van der Waals surface area contributed by atoms with Gasteiger partial charge in [0, 0.05) is 11.4 Å². The van der Waals surface area contributed by atoms with E-state index in [-0.39, 0.29) is 19.1 Å². The lowest BCUT2D eigenvalue weighted by Crippen LogP contribution is -2.48. The van der Waals surface area contributed by atoms with Crippen LogP contribution >= 0.6 is 23.1 Å². The molecule has 1 atom stereocenters. The van der Waals surface area contributed by atoms with E-state index >= 15 is 0 Å². The Hall–Kier alpha value is -1.05. The van der Waals surface area contributed by atoms with Gasteiger partial charge < -0.3 is 14.7 Å². The van der Waals surface area contributed by atoms with Gasteiger partial charge in [-0.25, -0.2) is 4.79 Å². The van der Waals surface area contributed by atoms with Gasteiger partial charge >= 0.3 is 5.97 Å². The van der Waals surface area contributed by atoms with Crippen LogP contribution in [0.1, 0.15) is 9.67 Å². The van der Waals surface area contributed by atoms with Gasteiger partial charge in [-0.2, -0.15) is 0 Å². The van der Waals surface area contributed by atoms with Crippen molar-refractivity contribution in [3.05, 3.63) is 16.3 Å². The van der Waals surface area contributed by atoms with E-state index in [1.807, 2.05) is 17.7 Å². The fraction of sp³-hybridized carbons (Fsp3) is 0.455. The molecule has 1 aliphatic rings. The molecule has 1 aliphatic heterocycles. The second kappa shape index (κ2) is 5.73. The van der Waals surface area contributed by atoms with E-state index < -0.39 is 12.1 Å². The minimum atomic E-state index is -1.02. The van der Waals surface area contributed by atoms with Crippen molar-refractivity contribution in [1.29, 1.82) is 0 Å². The standard InChI is InChI=1S/C11H13NO4S2/c1-17-8-2-5-18-9(8)10(13)12-3-4-16-7(6-12)11(14)15/h2,5,7H,3-4,6H2,1H3,(H,14,15). The van der Waals surface area contributed by atoms with E-state index in [0.717, 1.165) is 4.90 Å². The Labute approximate surface area is 113 Å². The molecule has 18 heavy (non-hydrogen) atoms. The SMILES string of the molecule is CSc1ccsc1C(=O)N1CCOC(C(=O)O)C1. The summed E-state index contributed by atoms with van der Waals surface area (Å²) in [7, 11) is 0. The number of carboxylic acid groups (broad SMARTS) is 1. The highest BCUT2D eigenvalue weighted by Gasteiger charge is 2.30. The van der Waals surface area contributed by atoms with Crippen LogP contribution < -0.4 is 0 Å². The number of aliphatic carboxylic acids is 1. The molecule has 0 saturated carbocycles. The second-order valence-electron chi connectivity index (χ2n) is 3.77. The largest absolute Gasteiger partial charge is 0.479 e. The summed E-state index contributed by atoms with van der Waals surface area (Å²) in [6.45, 7) is 0.816. The zero-order valence-electron chi connectivity index (χ0n) is 9.79. The Bertz CT molecular complexity index is 460. The first-order valence-electron chi connectivity index (χ1n) is 5.38. The summed E-state index contributed by atoms with van der Waals surface area (Å²) < 4.78 is 5.10. The topological polar surface area (TPSA) is 66.8 Å². The Balaban J connectivity index is 2.11. The molecule has 1 amide bonds. The molecular formula is C11H13NO4S2.